The lowest BCUT2D eigenvalue weighted by Gasteiger charge is -2.01. The van der Waals surface area contributed by atoms with Crippen molar-refractivity contribution in [2.24, 2.45) is 0 Å². The molecule has 0 spiro atoms. The van der Waals surface area contributed by atoms with E-state index in [0.717, 1.165) is 5.56 Å². The molecule has 106 valence electrons. The van der Waals surface area contributed by atoms with Gasteiger partial charge in [-0.15, -0.1) is 5.10 Å². The van der Waals surface area contributed by atoms with Crippen molar-refractivity contribution in [3.8, 4) is 17.2 Å². The zero-order valence-electron chi connectivity index (χ0n) is 11.4. The Balaban J connectivity index is 2.02. The Hall–Kier alpha value is -2.96. The quantitative estimate of drug-likeness (QED) is 0.702. The average Bonchev–Trinajstić information content (AvgIpc) is 2.96. The minimum absolute atomic E-state index is 0.210. The number of nitrogens with two attached hydrogens (primary N) is 1. The number of nitrogens with zero attached hydrogens (tertiary/aromatic N) is 4. The van der Waals surface area contributed by atoms with Gasteiger partial charge < -0.3 is 10.7 Å². The molecule has 2 aromatic heterocycles. The van der Waals surface area contributed by atoms with Crippen molar-refractivity contribution in [2.75, 3.05) is 5.73 Å². The molecule has 0 saturated heterocycles. The molecule has 0 saturated carbocycles. The van der Waals surface area contributed by atoms with E-state index in [0.29, 0.717) is 29.6 Å². The highest BCUT2D eigenvalue weighted by Crippen LogP contribution is 2.17. The maximum Gasteiger partial charge on any atom is 0.253 e. The molecule has 0 aliphatic carbocycles. The molecule has 0 aliphatic heterocycles. The van der Waals surface area contributed by atoms with Gasteiger partial charge in [-0.25, -0.2) is 14.6 Å². The van der Waals surface area contributed by atoms with Gasteiger partial charge in [-0.2, -0.15) is 0 Å². The Labute approximate surface area is 120 Å². The second-order valence-corrected chi connectivity index (χ2v) is 4.54. The smallest absolute Gasteiger partial charge is 0.253 e. The molecule has 0 atom stereocenters. The topological polar surface area (TPSA) is 102 Å². The Bertz CT molecular complexity index is 835. The maximum absolute atomic E-state index is 11.6. The summed E-state index contributed by atoms with van der Waals surface area (Å²) in [5.41, 5.74) is 7.00. The van der Waals surface area contributed by atoms with Crippen LogP contribution in [0.4, 0.5) is 5.69 Å². The zero-order chi connectivity index (χ0) is 14.8. The lowest BCUT2D eigenvalue weighted by molar-refractivity contribution is 0.806. The normalized spacial score (nSPS) is 10.7. The van der Waals surface area contributed by atoms with E-state index in [9.17, 15) is 4.79 Å². The van der Waals surface area contributed by atoms with Gasteiger partial charge in [-0.05, 0) is 12.1 Å². The van der Waals surface area contributed by atoms with Crippen LogP contribution < -0.4 is 11.3 Å². The number of H-pyrrole nitrogens is 1. The van der Waals surface area contributed by atoms with Gasteiger partial charge in [0.2, 0.25) is 0 Å². The molecule has 0 unspecified atom stereocenters. The largest absolute Gasteiger partial charge is 0.399 e. The van der Waals surface area contributed by atoms with Crippen molar-refractivity contribution in [2.45, 2.75) is 13.3 Å². The van der Waals surface area contributed by atoms with Crippen LogP contribution in [0.15, 0.2) is 41.5 Å². The lowest BCUT2D eigenvalue weighted by Crippen LogP contribution is -2.13. The van der Waals surface area contributed by atoms with Gasteiger partial charge >= 0.3 is 0 Å². The summed E-state index contributed by atoms with van der Waals surface area (Å²) in [5, 5.41) is 4.34. The SMILES string of the molecule is CCc1nc(-n2cnc(-c3cccc(N)c3)n2)cc(=O)[nH]1. The number of benzene rings is 1. The standard InChI is InChI=1S/C14H14N6O/c1-2-11-17-12(7-13(21)18-11)20-8-16-14(19-20)9-4-3-5-10(15)6-9/h3-8H,2,15H2,1H3,(H,17,18,21). The monoisotopic (exact) mass is 282 g/mol. The van der Waals surface area contributed by atoms with Crippen molar-refractivity contribution in [1.29, 1.82) is 0 Å². The van der Waals surface area contributed by atoms with E-state index < -0.39 is 0 Å². The van der Waals surface area contributed by atoms with Gasteiger partial charge in [0.05, 0.1) is 0 Å². The number of aromatic nitrogens is 5. The number of anilines is 1. The van der Waals surface area contributed by atoms with Crippen LogP contribution in [0.2, 0.25) is 0 Å². The van der Waals surface area contributed by atoms with Crippen LogP contribution in [0.5, 0.6) is 0 Å². The van der Waals surface area contributed by atoms with E-state index in [1.807, 2.05) is 19.1 Å². The number of nitrogens with one attached hydrogen (secondary N) is 1. The lowest BCUT2D eigenvalue weighted by atomic mass is 10.2. The summed E-state index contributed by atoms with van der Waals surface area (Å²) in [6.45, 7) is 1.92. The van der Waals surface area contributed by atoms with E-state index >= 15 is 0 Å². The third-order valence-corrected chi connectivity index (χ3v) is 2.98. The molecule has 0 fully saturated rings. The average molecular weight is 282 g/mol. The molecular weight excluding hydrogens is 268 g/mol. The second kappa shape index (κ2) is 5.20. The molecule has 2 heterocycles. The summed E-state index contributed by atoms with van der Waals surface area (Å²) < 4.78 is 1.48. The molecule has 1 aromatic carbocycles. The van der Waals surface area contributed by atoms with Crippen molar-refractivity contribution in [1.82, 2.24) is 24.7 Å². The van der Waals surface area contributed by atoms with Crippen molar-refractivity contribution in [3.63, 3.8) is 0 Å². The molecule has 3 aromatic rings. The minimum atomic E-state index is -0.210. The first kappa shape index (κ1) is 13.0. The fraction of sp³-hybridized carbons (Fsp3) is 0.143. The maximum atomic E-state index is 11.6. The van der Waals surface area contributed by atoms with Crippen molar-refractivity contribution in [3.05, 3.63) is 52.8 Å². The Morgan fingerprint density at radius 1 is 1.33 bits per heavy atom. The Morgan fingerprint density at radius 3 is 2.95 bits per heavy atom. The third kappa shape index (κ3) is 2.66. The van der Waals surface area contributed by atoms with Crippen molar-refractivity contribution < 1.29 is 0 Å². The molecule has 3 N–H and O–H groups in total. The molecular formula is C14H14N6O. The van der Waals surface area contributed by atoms with Crippen LogP contribution in [0.25, 0.3) is 17.2 Å². The highest BCUT2D eigenvalue weighted by Gasteiger charge is 2.08. The molecule has 0 radical (unpaired) electrons. The van der Waals surface area contributed by atoms with Crippen LogP contribution in [0, 0.1) is 0 Å². The summed E-state index contributed by atoms with van der Waals surface area (Å²) in [6.07, 6.45) is 2.17. The number of rotatable bonds is 3. The van der Waals surface area contributed by atoms with E-state index in [1.165, 1.54) is 17.1 Å². The number of aromatic amines is 1. The van der Waals surface area contributed by atoms with Crippen LogP contribution in [-0.4, -0.2) is 24.7 Å². The summed E-state index contributed by atoms with van der Waals surface area (Å²) in [7, 11) is 0. The molecule has 0 bridgehead atoms. The van der Waals surface area contributed by atoms with E-state index in [1.54, 1.807) is 12.1 Å². The Morgan fingerprint density at radius 2 is 2.19 bits per heavy atom. The molecule has 7 heteroatoms. The molecule has 3 rings (SSSR count). The molecule has 0 aliphatic rings. The fourth-order valence-electron chi connectivity index (χ4n) is 1.96. The van der Waals surface area contributed by atoms with E-state index in [-0.39, 0.29) is 5.56 Å². The van der Waals surface area contributed by atoms with Gasteiger partial charge in [0.1, 0.15) is 12.2 Å². The molecule has 21 heavy (non-hydrogen) atoms. The van der Waals surface area contributed by atoms with Gasteiger partial charge in [-0.3, -0.25) is 4.79 Å². The summed E-state index contributed by atoms with van der Waals surface area (Å²) in [5.74, 6) is 1.58. The Kier molecular flexibility index (Phi) is 3.23. The number of hydrogen-bond donors (Lipinski definition) is 2. The first-order chi connectivity index (χ1) is 10.2. The van der Waals surface area contributed by atoms with Crippen LogP contribution in [-0.2, 0) is 6.42 Å². The van der Waals surface area contributed by atoms with Gasteiger partial charge in [0, 0.05) is 23.7 Å². The first-order valence-corrected chi connectivity index (χ1v) is 6.54. The molecule has 0 amide bonds. The van der Waals surface area contributed by atoms with E-state index in [2.05, 4.69) is 20.1 Å². The fourth-order valence-corrected chi connectivity index (χ4v) is 1.96. The summed E-state index contributed by atoms with van der Waals surface area (Å²) >= 11 is 0. The highest BCUT2D eigenvalue weighted by molar-refractivity contribution is 5.60. The first-order valence-electron chi connectivity index (χ1n) is 6.54. The van der Waals surface area contributed by atoms with Crippen LogP contribution in [0.3, 0.4) is 0 Å². The second-order valence-electron chi connectivity index (χ2n) is 4.54. The third-order valence-electron chi connectivity index (χ3n) is 2.98. The summed E-state index contributed by atoms with van der Waals surface area (Å²) in [4.78, 5) is 22.8. The highest BCUT2D eigenvalue weighted by atomic mass is 16.1. The predicted molar refractivity (Wildman–Crippen MR) is 79.0 cm³/mol. The van der Waals surface area contributed by atoms with Crippen LogP contribution in [0.1, 0.15) is 12.7 Å². The van der Waals surface area contributed by atoms with E-state index in [4.69, 9.17) is 5.73 Å². The number of hydrogen-bond acceptors (Lipinski definition) is 5. The molecule has 7 nitrogen and oxygen atoms in total. The van der Waals surface area contributed by atoms with Gasteiger partial charge in [-0.1, -0.05) is 19.1 Å². The number of nitrogen functional groups attached to an aromatic ring is 1. The zero-order valence-corrected chi connectivity index (χ0v) is 11.4. The van der Waals surface area contributed by atoms with Gasteiger partial charge in [0.15, 0.2) is 11.6 Å². The van der Waals surface area contributed by atoms with Gasteiger partial charge in [0.25, 0.3) is 5.56 Å². The summed E-state index contributed by atoms with van der Waals surface area (Å²) in [6, 6.07) is 8.69. The van der Waals surface area contributed by atoms with Crippen molar-refractivity contribution >= 4 is 5.69 Å². The van der Waals surface area contributed by atoms with Crippen LogP contribution >= 0.6 is 0 Å². The number of aryl methyl sites for hydroxylation is 1. The minimum Gasteiger partial charge on any atom is -0.399 e. The predicted octanol–water partition coefficient (Wildman–Crippen LogP) is 1.16.